The topological polar surface area (TPSA) is 158 Å². The Kier molecular flexibility index (Phi) is 11.7. The Morgan fingerprint density at radius 3 is 1.73 bits per heavy atom. The third-order valence-electron chi connectivity index (χ3n) is 4.24. The molecule has 0 saturated carbocycles. The minimum Gasteiger partial charge on any atom is -0.744 e. The molecule has 0 fully saturated rings. The maximum absolute atomic E-state index is 13.7. The van der Waals surface area contributed by atoms with Crippen molar-refractivity contribution in [3.8, 4) is 0 Å². The van der Waals surface area contributed by atoms with Gasteiger partial charge in [0.05, 0.1) is 9.79 Å². The minimum absolute atomic E-state index is 0. The molecule has 0 spiro atoms. The van der Waals surface area contributed by atoms with Crippen molar-refractivity contribution in [2.75, 3.05) is 6.61 Å². The summed E-state index contributed by atoms with van der Waals surface area (Å²) in [6.07, 6.45) is -5.35. The smallest absolute Gasteiger partial charge is 0.744 e. The van der Waals surface area contributed by atoms with Crippen molar-refractivity contribution in [3.63, 3.8) is 0 Å². The van der Waals surface area contributed by atoms with Crippen LogP contribution in [-0.2, 0) is 34.5 Å². The van der Waals surface area contributed by atoms with Crippen LogP contribution in [0.25, 0.3) is 10.8 Å². The Morgan fingerprint density at radius 1 is 0.811 bits per heavy atom. The number of fused-ring (bicyclic) bond motifs is 1. The second kappa shape index (κ2) is 11.8. The van der Waals surface area contributed by atoms with Crippen molar-refractivity contribution in [1.29, 1.82) is 0 Å². The standard InChI is InChI=1S/C15H10F8O9S3.2Na/c16-12(17)14(20,21)15(22,23)13(18,19)6-32-35(30,31)10-8-4-2-1-3-7(8)5-9(33(24,25)26)11(10)34(27,28)29;;/h1-5,12H,6H2,(H,24,25,26)(H,27,28,29);;/q;2*+1/p-2. The Labute approximate surface area is 247 Å². The van der Waals surface area contributed by atoms with Crippen LogP contribution in [-0.4, -0.2) is 65.2 Å². The Bertz CT molecular complexity index is 1480. The maximum Gasteiger partial charge on any atom is 1.00 e. The fourth-order valence-corrected chi connectivity index (χ4v) is 6.37. The molecular formula is C15H8F8Na2O9S3. The average Bonchev–Trinajstić information content (AvgIpc) is 2.69. The minimum atomic E-state index is -6.92. The van der Waals surface area contributed by atoms with E-state index in [2.05, 4.69) is 4.18 Å². The Hall–Kier alpha value is -0.130. The van der Waals surface area contributed by atoms with Crippen molar-refractivity contribution >= 4 is 41.1 Å². The van der Waals surface area contributed by atoms with Gasteiger partial charge in [0.15, 0.2) is 0 Å². The summed E-state index contributed by atoms with van der Waals surface area (Å²) < 4.78 is 203. The van der Waals surface area contributed by atoms with Crippen LogP contribution in [0.2, 0.25) is 0 Å². The number of alkyl halides is 8. The second-order valence-corrected chi connectivity index (χ2v) is 10.8. The summed E-state index contributed by atoms with van der Waals surface area (Å²) >= 11 is 0. The van der Waals surface area contributed by atoms with Crippen molar-refractivity contribution in [1.82, 2.24) is 0 Å². The first-order valence-electron chi connectivity index (χ1n) is 8.27. The van der Waals surface area contributed by atoms with E-state index in [0.29, 0.717) is 6.07 Å². The van der Waals surface area contributed by atoms with Crippen molar-refractivity contribution in [2.24, 2.45) is 0 Å². The molecule has 2 aromatic carbocycles. The van der Waals surface area contributed by atoms with Crippen LogP contribution in [0.3, 0.4) is 0 Å². The molecule has 0 bridgehead atoms. The van der Waals surface area contributed by atoms with Crippen LogP contribution in [0.15, 0.2) is 45.0 Å². The molecule has 0 heterocycles. The molecule has 0 aliphatic heterocycles. The van der Waals surface area contributed by atoms with E-state index in [0.717, 1.165) is 18.2 Å². The number of hydrogen-bond donors (Lipinski definition) is 0. The molecule has 0 saturated heterocycles. The van der Waals surface area contributed by atoms with Gasteiger partial charge < -0.3 is 9.11 Å². The molecule has 0 atom stereocenters. The van der Waals surface area contributed by atoms with Crippen LogP contribution < -0.4 is 59.1 Å². The molecule has 0 aliphatic rings. The first kappa shape index (κ1) is 36.9. The molecule has 0 radical (unpaired) electrons. The molecule has 198 valence electrons. The van der Waals surface area contributed by atoms with Crippen molar-refractivity contribution in [2.45, 2.75) is 38.9 Å². The van der Waals surface area contributed by atoms with Crippen molar-refractivity contribution in [3.05, 3.63) is 30.3 Å². The van der Waals surface area contributed by atoms with E-state index >= 15 is 0 Å². The molecule has 0 N–H and O–H groups in total. The summed E-state index contributed by atoms with van der Waals surface area (Å²) in [5.74, 6) is -20.0. The molecule has 2 rings (SSSR count). The summed E-state index contributed by atoms with van der Waals surface area (Å²) in [5.41, 5.74) is 0. The zero-order valence-electron chi connectivity index (χ0n) is 18.1. The molecule has 0 aromatic heterocycles. The summed E-state index contributed by atoms with van der Waals surface area (Å²) in [5, 5.41) is -1.57. The summed E-state index contributed by atoms with van der Waals surface area (Å²) in [6.45, 7) is -3.30. The summed E-state index contributed by atoms with van der Waals surface area (Å²) in [4.78, 5) is -6.39. The van der Waals surface area contributed by atoms with E-state index < -0.39 is 86.6 Å². The fraction of sp³-hybridized carbons (Fsp3) is 0.333. The van der Waals surface area contributed by atoms with Gasteiger partial charge >= 0.3 is 83.3 Å². The van der Waals surface area contributed by atoms with E-state index in [-0.39, 0.29) is 65.2 Å². The molecule has 22 heteroatoms. The fourth-order valence-electron chi connectivity index (χ4n) is 2.62. The molecule has 2 aromatic rings. The third-order valence-corrected chi connectivity index (χ3v) is 7.63. The average molecular weight is 626 g/mol. The van der Waals surface area contributed by atoms with Crippen LogP contribution in [0.4, 0.5) is 35.1 Å². The Balaban J connectivity index is 0.00000648. The molecule has 0 unspecified atom stereocenters. The van der Waals surface area contributed by atoms with Crippen LogP contribution >= 0.6 is 0 Å². The van der Waals surface area contributed by atoms with Gasteiger partial charge in [0.25, 0.3) is 10.1 Å². The van der Waals surface area contributed by atoms with Crippen molar-refractivity contribution < 1.29 is 133 Å². The maximum atomic E-state index is 13.7. The molecule has 0 aliphatic carbocycles. The third kappa shape index (κ3) is 7.15. The van der Waals surface area contributed by atoms with E-state index in [4.69, 9.17) is 0 Å². The van der Waals surface area contributed by atoms with E-state index in [1.165, 1.54) is 0 Å². The van der Waals surface area contributed by atoms with Gasteiger partial charge in [0.1, 0.15) is 31.7 Å². The van der Waals surface area contributed by atoms with Gasteiger partial charge in [-0.15, -0.1) is 0 Å². The van der Waals surface area contributed by atoms with Gasteiger partial charge in [-0.05, 0) is 11.5 Å². The Morgan fingerprint density at radius 2 is 1.30 bits per heavy atom. The number of rotatable bonds is 9. The summed E-state index contributed by atoms with van der Waals surface area (Å²) in [6, 6.07) is 3.72. The first-order valence-corrected chi connectivity index (χ1v) is 12.5. The van der Waals surface area contributed by atoms with Gasteiger partial charge in [-0.3, -0.25) is 4.18 Å². The van der Waals surface area contributed by atoms with Gasteiger partial charge in [-0.25, -0.2) is 25.6 Å². The van der Waals surface area contributed by atoms with Crippen LogP contribution in [0, 0.1) is 0 Å². The van der Waals surface area contributed by atoms with Gasteiger partial charge in [0, 0.05) is 5.39 Å². The van der Waals surface area contributed by atoms with Crippen LogP contribution in [0.5, 0.6) is 0 Å². The normalized spacial score (nSPS) is 13.8. The number of benzene rings is 2. The monoisotopic (exact) mass is 626 g/mol. The van der Waals surface area contributed by atoms with Gasteiger partial charge in [-0.2, -0.15) is 34.8 Å². The van der Waals surface area contributed by atoms with Crippen LogP contribution in [0.1, 0.15) is 0 Å². The largest absolute Gasteiger partial charge is 1.00 e. The first-order chi connectivity index (χ1) is 15.5. The molecule has 9 nitrogen and oxygen atoms in total. The SMILES string of the molecule is O=S(=O)([O-])c1cc2ccccc2c(S(=O)(=O)OCC(F)(F)C(F)(F)C(F)(F)C(F)F)c1S(=O)(=O)[O-].[Na+].[Na+]. The molecule has 37 heavy (non-hydrogen) atoms. The zero-order chi connectivity index (χ0) is 27.4. The molecular weight excluding hydrogens is 618 g/mol. The number of halogens is 8. The van der Waals surface area contributed by atoms with Gasteiger partial charge in [-0.1, -0.05) is 24.3 Å². The predicted octanol–water partition coefficient (Wildman–Crippen LogP) is -3.47. The van der Waals surface area contributed by atoms with E-state index in [1.807, 2.05) is 0 Å². The summed E-state index contributed by atoms with van der Waals surface area (Å²) in [7, 11) is -18.5. The van der Waals surface area contributed by atoms with E-state index in [1.54, 1.807) is 0 Å². The predicted molar refractivity (Wildman–Crippen MR) is 93.9 cm³/mol. The quantitative estimate of drug-likeness (QED) is 0.119. The van der Waals surface area contributed by atoms with E-state index in [9.17, 15) is 69.5 Å². The zero-order valence-corrected chi connectivity index (χ0v) is 24.5. The second-order valence-electron chi connectivity index (χ2n) is 6.58. The van der Waals surface area contributed by atoms with Gasteiger partial charge in [0.2, 0.25) is 0 Å². The number of hydrogen-bond acceptors (Lipinski definition) is 9. The molecule has 0 amide bonds.